The molecule has 5 aromatic rings. The predicted molar refractivity (Wildman–Crippen MR) is 181 cm³/mol. The van der Waals surface area contributed by atoms with Gasteiger partial charge in [0.25, 0.3) is 5.56 Å². The van der Waals surface area contributed by atoms with Gasteiger partial charge in [-0.25, -0.2) is 14.5 Å². The first-order valence-corrected chi connectivity index (χ1v) is 16.2. The summed E-state index contributed by atoms with van der Waals surface area (Å²) in [6.07, 6.45) is 3.39. The van der Waals surface area contributed by atoms with Gasteiger partial charge in [0.1, 0.15) is 17.2 Å². The van der Waals surface area contributed by atoms with E-state index in [0.717, 1.165) is 26.9 Å². The minimum Gasteiger partial charge on any atom is -0.497 e. The number of aromatic nitrogens is 3. The maximum absolute atomic E-state index is 14.3. The molecule has 11 heteroatoms. The van der Waals surface area contributed by atoms with Gasteiger partial charge in [0.15, 0.2) is 4.80 Å². The monoisotopic (exact) mass is 698 g/mol. The molecule has 3 heterocycles. The lowest BCUT2D eigenvalue weighted by atomic mass is 9.96. The van der Waals surface area contributed by atoms with Crippen molar-refractivity contribution in [1.29, 1.82) is 0 Å². The van der Waals surface area contributed by atoms with Gasteiger partial charge in [-0.15, -0.1) is 0 Å². The second-order valence-corrected chi connectivity index (χ2v) is 12.7. The highest BCUT2D eigenvalue weighted by Gasteiger charge is 2.34. The number of rotatable bonds is 8. The standard InChI is InChI=1S/C35H31BrN4O5S/c1-20(2)45-34(42)30-21(3)37-35-40(32(30)22-11-14-26(43-4)15-12-22)33(41)29(46-35)18-24-19-39(25-9-7-6-8-10-25)38-31(24)23-13-16-28(44-5)27(36)17-23/h6-20,32H,1-5H3/b29-18-. The van der Waals surface area contributed by atoms with Crippen LogP contribution in [0.1, 0.15) is 37.9 Å². The number of carbonyl (C=O) groups excluding carboxylic acids is 1. The van der Waals surface area contributed by atoms with Gasteiger partial charge in [0.05, 0.1) is 52.3 Å². The molecule has 2 aromatic heterocycles. The molecule has 0 saturated carbocycles. The average molecular weight is 700 g/mol. The molecule has 1 atom stereocenters. The van der Waals surface area contributed by atoms with Crippen LogP contribution in [0.5, 0.6) is 11.5 Å². The fourth-order valence-electron chi connectivity index (χ4n) is 5.35. The first kappa shape index (κ1) is 31.3. The molecule has 0 N–H and O–H groups in total. The maximum atomic E-state index is 14.3. The summed E-state index contributed by atoms with van der Waals surface area (Å²) in [6, 6.07) is 22.1. The lowest BCUT2D eigenvalue weighted by Gasteiger charge is -2.25. The number of esters is 1. The van der Waals surface area contributed by atoms with Crippen LogP contribution < -0.4 is 24.4 Å². The Hall–Kier alpha value is -4.74. The third-order valence-electron chi connectivity index (χ3n) is 7.49. The molecule has 3 aromatic carbocycles. The first-order chi connectivity index (χ1) is 22.2. The number of halogens is 1. The molecule has 0 saturated heterocycles. The van der Waals surface area contributed by atoms with Gasteiger partial charge >= 0.3 is 5.97 Å². The average Bonchev–Trinajstić information content (AvgIpc) is 3.61. The normalized spacial score (nSPS) is 14.7. The molecule has 1 unspecified atom stereocenters. The Labute approximate surface area is 277 Å². The van der Waals surface area contributed by atoms with Crippen molar-refractivity contribution in [2.45, 2.75) is 32.9 Å². The topological polar surface area (TPSA) is 96.9 Å². The summed E-state index contributed by atoms with van der Waals surface area (Å²) < 4.78 is 21.0. The van der Waals surface area contributed by atoms with Crippen LogP contribution in [-0.2, 0) is 9.53 Å². The van der Waals surface area contributed by atoms with Crippen LogP contribution in [0.4, 0.5) is 0 Å². The molecule has 6 rings (SSSR count). The van der Waals surface area contributed by atoms with E-state index < -0.39 is 12.0 Å². The molecule has 234 valence electrons. The van der Waals surface area contributed by atoms with Crippen LogP contribution in [-0.4, -0.2) is 40.6 Å². The van der Waals surface area contributed by atoms with E-state index in [4.69, 9.17) is 24.3 Å². The number of hydrogen-bond acceptors (Lipinski definition) is 8. The van der Waals surface area contributed by atoms with Crippen LogP contribution in [0, 0.1) is 0 Å². The summed E-state index contributed by atoms with van der Waals surface area (Å²) in [7, 11) is 3.20. The van der Waals surface area contributed by atoms with Crippen LogP contribution in [0.15, 0.2) is 105 Å². The number of para-hydroxylation sites is 1. The molecule has 0 bridgehead atoms. The summed E-state index contributed by atoms with van der Waals surface area (Å²) in [6.45, 7) is 5.36. The zero-order valence-electron chi connectivity index (χ0n) is 25.9. The SMILES string of the molecule is COc1ccc(C2C(C(=O)OC(C)C)=C(C)N=c3s/c(=C\c4cn(-c5ccccc5)nc4-c4ccc(OC)c(Br)c4)c(=O)n32)cc1. The number of nitrogens with zero attached hydrogens (tertiary/aromatic N) is 4. The van der Waals surface area contributed by atoms with Crippen molar-refractivity contribution in [2.24, 2.45) is 4.99 Å². The molecule has 0 radical (unpaired) electrons. The van der Waals surface area contributed by atoms with E-state index in [-0.39, 0.29) is 11.7 Å². The maximum Gasteiger partial charge on any atom is 0.338 e. The second-order valence-electron chi connectivity index (χ2n) is 10.9. The number of ether oxygens (including phenoxy) is 3. The van der Waals surface area contributed by atoms with Crippen molar-refractivity contribution < 1.29 is 19.0 Å². The molecule has 1 aliphatic heterocycles. The van der Waals surface area contributed by atoms with Crippen LogP contribution in [0.2, 0.25) is 0 Å². The minimum absolute atomic E-state index is 0.277. The Balaban J connectivity index is 1.55. The van der Waals surface area contributed by atoms with E-state index in [1.54, 1.807) is 44.2 Å². The van der Waals surface area contributed by atoms with Crippen molar-refractivity contribution >= 4 is 39.3 Å². The summed E-state index contributed by atoms with van der Waals surface area (Å²) in [4.78, 5) is 33.0. The van der Waals surface area contributed by atoms with Crippen molar-refractivity contribution in [3.8, 4) is 28.4 Å². The fourth-order valence-corrected chi connectivity index (χ4v) is 6.93. The van der Waals surface area contributed by atoms with Crippen molar-refractivity contribution in [3.05, 3.63) is 126 Å². The highest BCUT2D eigenvalue weighted by molar-refractivity contribution is 9.10. The third kappa shape index (κ3) is 5.95. The molecule has 0 spiro atoms. The van der Waals surface area contributed by atoms with Crippen LogP contribution >= 0.6 is 27.3 Å². The number of thiazole rings is 1. The van der Waals surface area contributed by atoms with Crippen molar-refractivity contribution in [2.75, 3.05) is 14.2 Å². The van der Waals surface area contributed by atoms with Gasteiger partial charge in [-0.05, 0) is 90.8 Å². The van der Waals surface area contributed by atoms with Gasteiger partial charge in [-0.3, -0.25) is 9.36 Å². The molecular weight excluding hydrogens is 668 g/mol. The summed E-state index contributed by atoms with van der Waals surface area (Å²) >= 11 is 4.85. The van der Waals surface area contributed by atoms with E-state index in [2.05, 4.69) is 15.9 Å². The molecule has 1 aliphatic rings. The van der Waals surface area contributed by atoms with E-state index in [1.165, 1.54) is 11.3 Å². The Morgan fingerprint density at radius 1 is 1.02 bits per heavy atom. The summed E-state index contributed by atoms with van der Waals surface area (Å²) in [5.41, 5.74) is 4.41. The Kier molecular flexibility index (Phi) is 8.79. The largest absolute Gasteiger partial charge is 0.497 e. The molecule has 0 aliphatic carbocycles. The number of fused-ring (bicyclic) bond motifs is 1. The van der Waals surface area contributed by atoms with Crippen LogP contribution in [0.3, 0.4) is 0 Å². The van der Waals surface area contributed by atoms with Crippen LogP contribution in [0.25, 0.3) is 23.0 Å². The van der Waals surface area contributed by atoms with Gasteiger partial charge in [0, 0.05) is 17.3 Å². The number of hydrogen-bond donors (Lipinski definition) is 0. The molecule has 46 heavy (non-hydrogen) atoms. The van der Waals surface area contributed by atoms with E-state index in [1.807, 2.05) is 85.1 Å². The van der Waals surface area contributed by atoms with Crippen molar-refractivity contribution in [3.63, 3.8) is 0 Å². The van der Waals surface area contributed by atoms with Gasteiger partial charge in [0.2, 0.25) is 0 Å². The number of carbonyl (C=O) groups is 1. The Morgan fingerprint density at radius 3 is 2.41 bits per heavy atom. The van der Waals surface area contributed by atoms with E-state index in [0.29, 0.717) is 37.8 Å². The zero-order chi connectivity index (χ0) is 32.5. The third-order valence-corrected chi connectivity index (χ3v) is 9.09. The lowest BCUT2D eigenvalue weighted by Crippen LogP contribution is -2.40. The highest BCUT2D eigenvalue weighted by atomic mass is 79.9. The van der Waals surface area contributed by atoms with E-state index in [9.17, 15) is 9.59 Å². The van der Waals surface area contributed by atoms with E-state index >= 15 is 0 Å². The van der Waals surface area contributed by atoms with Gasteiger partial charge in [-0.2, -0.15) is 5.10 Å². The number of methoxy groups -OCH3 is 2. The molecule has 0 amide bonds. The molecule has 0 fully saturated rings. The summed E-state index contributed by atoms with van der Waals surface area (Å²) in [5, 5.41) is 4.92. The lowest BCUT2D eigenvalue weighted by molar-refractivity contribution is -0.143. The minimum atomic E-state index is -0.736. The number of allylic oxidation sites excluding steroid dienone is 1. The Bertz CT molecular complexity index is 2150. The predicted octanol–water partition coefficient (Wildman–Crippen LogP) is 5.82. The van der Waals surface area contributed by atoms with Gasteiger partial charge in [-0.1, -0.05) is 41.7 Å². The summed E-state index contributed by atoms with van der Waals surface area (Å²) in [5.74, 6) is 0.848. The van der Waals surface area contributed by atoms with Gasteiger partial charge < -0.3 is 14.2 Å². The second kappa shape index (κ2) is 12.9. The number of benzene rings is 3. The quantitative estimate of drug-likeness (QED) is 0.190. The fraction of sp³-hybridized carbons (Fsp3) is 0.200. The first-order valence-electron chi connectivity index (χ1n) is 14.5. The Morgan fingerprint density at radius 2 is 1.76 bits per heavy atom. The molecular formula is C35H31BrN4O5S. The van der Waals surface area contributed by atoms with Crippen molar-refractivity contribution in [1.82, 2.24) is 14.3 Å². The smallest absolute Gasteiger partial charge is 0.338 e. The zero-order valence-corrected chi connectivity index (χ0v) is 28.3. The molecule has 9 nitrogen and oxygen atoms in total. The highest BCUT2D eigenvalue weighted by Crippen LogP contribution is 2.33.